The zero-order valence-electron chi connectivity index (χ0n) is 22.7. The molecule has 9 nitrogen and oxygen atoms in total. The first-order valence-corrected chi connectivity index (χ1v) is 15.6. The fourth-order valence-electron chi connectivity index (χ4n) is 6.75. The summed E-state index contributed by atoms with van der Waals surface area (Å²) in [7, 11) is -1.22. The summed E-state index contributed by atoms with van der Waals surface area (Å²) in [6.07, 6.45) is 14.8. The lowest BCUT2D eigenvalue weighted by Crippen LogP contribution is -2.57. The first-order valence-electron chi connectivity index (χ1n) is 13.7. The van der Waals surface area contributed by atoms with Crippen molar-refractivity contribution in [3.63, 3.8) is 0 Å². The number of ether oxygens (including phenoxy) is 1. The standard InChI is InChI=1S/C29H33N7O2S2/c1-4-5-19-23-20(30)16-29(24(23)34-40(37)28(19,2)3)8-12-35(13-9-29)27-33-17-22(25-31-11-14-36(25)27)39-21-6-10-32-26-18(21)7-15-38-26/h4-6,10-11,14,17,24,34H,1,7-9,12-13,15-16,30H2,2-3H3/b19-5+/t24-,40+/m1/s1. The molecule has 208 valence electrons. The minimum absolute atomic E-state index is 0.0271. The number of pyridine rings is 1. The fraction of sp³-hybridized carbons (Fsp3) is 0.414. The van der Waals surface area contributed by atoms with Gasteiger partial charge in [0.1, 0.15) is 11.0 Å². The van der Waals surface area contributed by atoms with E-state index in [0.717, 1.165) is 88.4 Å². The van der Waals surface area contributed by atoms with Gasteiger partial charge in [-0.05, 0) is 55.7 Å². The Labute approximate surface area is 240 Å². The second-order valence-corrected chi connectivity index (χ2v) is 14.3. The first kappa shape index (κ1) is 25.8. The minimum Gasteiger partial charge on any atom is -0.477 e. The van der Waals surface area contributed by atoms with E-state index in [9.17, 15) is 4.21 Å². The Bertz CT molecular complexity index is 1620. The van der Waals surface area contributed by atoms with Gasteiger partial charge in [0.15, 0.2) is 5.65 Å². The van der Waals surface area contributed by atoms with Crippen LogP contribution in [0.15, 0.2) is 76.2 Å². The van der Waals surface area contributed by atoms with Crippen LogP contribution in [0, 0.1) is 5.41 Å². The molecule has 3 aliphatic heterocycles. The second kappa shape index (κ2) is 9.46. The third kappa shape index (κ3) is 3.85. The van der Waals surface area contributed by atoms with Crippen molar-refractivity contribution in [2.75, 3.05) is 24.6 Å². The van der Waals surface area contributed by atoms with Gasteiger partial charge in [-0.15, -0.1) is 0 Å². The first-order chi connectivity index (χ1) is 19.3. The van der Waals surface area contributed by atoms with Crippen molar-refractivity contribution in [3.8, 4) is 5.88 Å². The van der Waals surface area contributed by atoms with E-state index in [-0.39, 0.29) is 11.5 Å². The Morgan fingerprint density at radius 3 is 2.85 bits per heavy atom. The van der Waals surface area contributed by atoms with Gasteiger partial charge in [-0.25, -0.2) is 23.9 Å². The van der Waals surface area contributed by atoms with Crippen LogP contribution in [0.1, 0.15) is 38.7 Å². The van der Waals surface area contributed by atoms with Crippen molar-refractivity contribution >= 4 is 34.3 Å². The van der Waals surface area contributed by atoms with Gasteiger partial charge in [-0.3, -0.25) is 4.40 Å². The van der Waals surface area contributed by atoms with Gasteiger partial charge in [0.05, 0.1) is 22.3 Å². The van der Waals surface area contributed by atoms with Gasteiger partial charge in [0.2, 0.25) is 11.8 Å². The molecule has 3 aromatic heterocycles. The third-order valence-electron chi connectivity index (χ3n) is 8.90. The molecule has 1 aliphatic carbocycles. The van der Waals surface area contributed by atoms with Crippen molar-refractivity contribution in [3.05, 3.63) is 72.0 Å². The van der Waals surface area contributed by atoms with Crippen molar-refractivity contribution in [2.24, 2.45) is 11.1 Å². The molecule has 2 saturated heterocycles. The van der Waals surface area contributed by atoms with Crippen molar-refractivity contribution in [2.45, 2.75) is 60.1 Å². The van der Waals surface area contributed by atoms with Crippen molar-refractivity contribution in [1.29, 1.82) is 0 Å². The number of piperidine rings is 1. The number of imidazole rings is 1. The molecule has 0 saturated carbocycles. The average molecular weight is 576 g/mol. The van der Waals surface area contributed by atoms with Crippen LogP contribution < -0.4 is 20.1 Å². The summed E-state index contributed by atoms with van der Waals surface area (Å²) in [5, 5.41) is 0. The zero-order chi connectivity index (χ0) is 27.6. The van der Waals surface area contributed by atoms with Crippen LogP contribution in [-0.4, -0.2) is 54.0 Å². The molecule has 7 rings (SSSR count). The summed E-state index contributed by atoms with van der Waals surface area (Å²) in [6.45, 7) is 10.3. The molecular formula is C29H33N7O2S2. The van der Waals surface area contributed by atoms with E-state index in [0.29, 0.717) is 6.61 Å². The molecule has 0 bridgehead atoms. The largest absolute Gasteiger partial charge is 0.477 e. The van der Waals surface area contributed by atoms with Gasteiger partial charge >= 0.3 is 0 Å². The predicted molar refractivity (Wildman–Crippen MR) is 158 cm³/mol. The normalized spacial score (nSPS) is 25.9. The van der Waals surface area contributed by atoms with Gasteiger partial charge in [0.25, 0.3) is 0 Å². The fourth-order valence-corrected chi connectivity index (χ4v) is 9.03. The molecule has 0 radical (unpaired) electrons. The third-order valence-corrected chi connectivity index (χ3v) is 11.6. The number of fused-ring (bicyclic) bond motifs is 4. The van der Waals surface area contributed by atoms with Crippen LogP contribution in [0.5, 0.6) is 5.88 Å². The van der Waals surface area contributed by atoms with Gasteiger partial charge in [-0.1, -0.05) is 30.5 Å². The van der Waals surface area contributed by atoms with Gasteiger partial charge < -0.3 is 15.4 Å². The van der Waals surface area contributed by atoms with E-state index in [1.54, 1.807) is 24.0 Å². The smallest absolute Gasteiger partial charge is 0.217 e. The van der Waals surface area contributed by atoms with Crippen molar-refractivity contribution in [1.82, 2.24) is 24.1 Å². The highest BCUT2D eigenvalue weighted by molar-refractivity contribution is 7.99. The lowest BCUT2D eigenvalue weighted by Gasteiger charge is -2.47. The average Bonchev–Trinajstić information content (AvgIpc) is 3.67. The number of nitrogens with zero attached hydrogens (tertiary/aromatic N) is 5. The molecule has 3 N–H and O–H groups in total. The maximum Gasteiger partial charge on any atom is 0.217 e. The highest BCUT2D eigenvalue weighted by Crippen LogP contribution is 2.54. The number of rotatable bonds is 4. The summed E-state index contributed by atoms with van der Waals surface area (Å²) < 4.78 is 24.0. The summed E-state index contributed by atoms with van der Waals surface area (Å²) in [4.78, 5) is 18.5. The van der Waals surface area contributed by atoms with Crippen LogP contribution in [0.25, 0.3) is 5.65 Å². The van der Waals surface area contributed by atoms with Crippen LogP contribution in [-0.2, 0) is 17.4 Å². The van der Waals surface area contributed by atoms with Crippen LogP contribution >= 0.6 is 11.8 Å². The van der Waals surface area contributed by atoms with Gasteiger partial charge in [0, 0.05) is 60.5 Å². The maximum atomic E-state index is 13.3. The number of hydrogen-bond acceptors (Lipinski definition) is 8. The second-order valence-electron chi connectivity index (χ2n) is 11.4. The highest BCUT2D eigenvalue weighted by Gasteiger charge is 2.55. The molecule has 11 heteroatoms. The number of aromatic nitrogens is 4. The van der Waals surface area contributed by atoms with E-state index >= 15 is 0 Å². The molecule has 0 unspecified atom stereocenters. The topological polar surface area (TPSA) is 111 Å². The number of nitrogens with two attached hydrogens (primary N) is 1. The van der Waals surface area contributed by atoms with Gasteiger partial charge in [-0.2, -0.15) is 0 Å². The highest BCUT2D eigenvalue weighted by atomic mass is 32.2. The molecule has 6 heterocycles. The quantitative estimate of drug-likeness (QED) is 0.482. The summed E-state index contributed by atoms with van der Waals surface area (Å²) >= 11 is 1.66. The van der Waals surface area contributed by atoms with Crippen molar-refractivity contribution < 1.29 is 8.95 Å². The van der Waals surface area contributed by atoms with E-state index in [2.05, 4.69) is 25.6 Å². The molecule has 2 fully saturated rings. The molecular weight excluding hydrogens is 543 g/mol. The molecule has 3 aromatic rings. The molecule has 2 atom stereocenters. The Balaban J connectivity index is 1.14. The number of allylic oxidation sites excluding steroid dienone is 3. The Morgan fingerprint density at radius 2 is 2.05 bits per heavy atom. The number of anilines is 1. The lowest BCUT2D eigenvalue weighted by molar-refractivity contribution is 0.191. The van der Waals surface area contributed by atoms with Crippen LogP contribution in [0.3, 0.4) is 0 Å². The van der Waals surface area contributed by atoms with Crippen LogP contribution in [0.2, 0.25) is 0 Å². The SMILES string of the molecule is C=C/C=C1\C2=C(N)CC3(CCN(c4ncc(Sc5ccnc6c5CCO6)c5nccn45)CC3)[C@@H]2N[S@@](=O)C1(C)C. The number of nitrogens with one attached hydrogen (secondary N) is 1. The number of hydrogen-bond donors (Lipinski definition) is 2. The Morgan fingerprint density at radius 1 is 1.23 bits per heavy atom. The zero-order valence-corrected chi connectivity index (χ0v) is 24.4. The van der Waals surface area contributed by atoms with E-state index < -0.39 is 15.7 Å². The monoisotopic (exact) mass is 575 g/mol. The summed E-state index contributed by atoms with van der Waals surface area (Å²) in [6, 6.07) is 2.01. The summed E-state index contributed by atoms with van der Waals surface area (Å²) in [5.74, 6) is 1.62. The summed E-state index contributed by atoms with van der Waals surface area (Å²) in [5.41, 5.74) is 11.8. The van der Waals surface area contributed by atoms with E-state index in [4.69, 9.17) is 20.4 Å². The molecule has 1 spiro atoms. The Hall–Kier alpha value is -3.15. The molecule has 4 aliphatic rings. The Kier molecular flexibility index (Phi) is 6.10. The van der Waals surface area contributed by atoms with E-state index in [1.165, 1.54) is 0 Å². The van der Waals surface area contributed by atoms with E-state index in [1.807, 2.05) is 44.6 Å². The predicted octanol–water partition coefficient (Wildman–Crippen LogP) is 3.94. The molecule has 0 amide bonds. The lowest BCUT2D eigenvalue weighted by atomic mass is 9.71. The molecule has 40 heavy (non-hydrogen) atoms. The maximum absolute atomic E-state index is 13.3. The minimum atomic E-state index is -1.22. The molecule has 0 aromatic carbocycles. The van der Waals surface area contributed by atoms with Crippen LogP contribution in [0.4, 0.5) is 5.95 Å².